The van der Waals surface area contributed by atoms with E-state index in [2.05, 4.69) is 6.92 Å². The number of hydrogen-bond donors (Lipinski definition) is 1. The predicted octanol–water partition coefficient (Wildman–Crippen LogP) is -11.7. The van der Waals surface area contributed by atoms with E-state index in [0.29, 0.717) is 12.8 Å². The van der Waals surface area contributed by atoms with E-state index in [1.54, 1.807) is 0 Å². The van der Waals surface area contributed by atoms with Crippen LogP contribution in [-0.4, -0.2) is 41.5 Å². The Kier molecular flexibility index (Phi) is 38.2. The molecule has 42 heavy (non-hydrogen) atoms. The molecule has 0 bridgehead atoms. The van der Waals surface area contributed by atoms with Gasteiger partial charge in [-0.25, -0.2) is 8.42 Å². The van der Waals surface area contributed by atoms with Gasteiger partial charge in [0, 0.05) is 5.92 Å². The van der Waals surface area contributed by atoms with Crippen LogP contribution >= 0.6 is 0 Å². The fourth-order valence-corrected chi connectivity index (χ4v) is 5.98. The summed E-state index contributed by atoms with van der Waals surface area (Å²) in [6.45, 7) is 2.20. The molecule has 16 heteroatoms. The molecule has 0 aliphatic heterocycles. The zero-order valence-electron chi connectivity index (χ0n) is 26.5. The third-order valence-corrected chi connectivity index (χ3v) is 8.69. The van der Waals surface area contributed by atoms with Gasteiger partial charge in [-0.2, -0.15) is 0 Å². The third-order valence-electron chi connectivity index (χ3n) is 7.14. The molecule has 0 aliphatic rings. The first-order chi connectivity index (χ1) is 17.8. The van der Waals surface area contributed by atoms with Gasteiger partial charge in [0.15, 0.2) is 0 Å². The fraction of sp³-hybridized carbons (Fsp3) is 0.846. The Morgan fingerprint density at radius 3 is 1.19 bits per heavy atom. The SMILES string of the molecule is CCCCCCCCCCCCCCCCCCC(C(=O)[O-])(C(CC(C(=O)[O-])C(=O)[O-])C(N)=O)S(=O)(=O)[O-].[Na+].[Na+].[Na+].[Na+]. The van der Waals surface area contributed by atoms with Crippen molar-refractivity contribution in [1.29, 1.82) is 0 Å². The van der Waals surface area contributed by atoms with Crippen molar-refractivity contribution >= 4 is 33.9 Å². The summed E-state index contributed by atoms with van der Waals surface area (Å²) in [5.74, 6) is -13.6. The van der Waals surface area contributed by atoms with Crippen LogP contribution in [0.2, 0.25) is 0 Å². The van der Waals surface area contributed by atoms with Crippen LogP contribution in [0.5, 0.6) is 0 Å². The maximum Gasteiger partial charge on any atom is 1.00 e. The fourth-order valence-electron chi connectivity index (χ4n) is 4.82. The van der Waals surface area contributed by atoms with Gasteiger partial charge in [-0.3, -0.25) is 4.79 Å². The van der Waals surface area contributed by atoms with Gasteiger partial charge in [-0.1, -0.05) is 110 Å². The van der Waals surface area contributed by atoms with Gasteiger partial charge in [-0.15, -0.1) is 0 Å². The van der Waals surface area contributed by atoms with E-state index in [-0.39, 0.29) is 125 Å². The van der Waals surface area contributed by atoms with Gasteiger partial charge in [-0.05, 0) is 12.8 Å². The van der Waals surface area contributed by atoms with Gasteiger partial charge in [0.1, 0.15) is 14.9 Å². The second-order valence-corrected chi connectivity index (χ2v) is 11.7. The third kappa shape index (κ3) is 20.8. The monoisotopic (exact) mass is 653 g/mol. The van der Waals surface area contributed by atoms with Gasteiger partial charge in [0.25, 0.3) is 0 Å². The topological polar surface area (TPSA) is 221 Å². The average Bonchev–Trinajstić information content (AvgIpc) is 2.80. The van der Waals surface area contributed by atoms with Crippen LogP contribution < -0.4 is 139 Å². The van der Waals surface area contributed by atoms with Crippen LogP contribution in [0.1, 0.15) is 122 Å². The van der Waals surface area contributed by atoms with E-state index < -0.39 is 63.4 Å². The normalized spacial score (nSPS) is 12.8. The molecule has 0 radical (unpaired) electrons. The number of carboxylic acids is 3. The van der Waals surface area contributed by atoms with Crippen LogP contribution in [-0.2, 0) is 29.3 Å². The Labute approximate surface area is 340 Å². The van der Waals surface area contributed by atoms with Crippen LogP contribution in [0.4, 0.5) is 0 Å². The van der Waals surface area contributed by atoms with Crippen molar-refractivity contribution in [3.8, 4) is 0 Å². The molecule has 1 amide bonds. The number of aliphatic carboxylic acids is 3. The molecule has 0 heterocycles. The standard InChI is InChI=1S/C26H47NO10S.4Na/c1-2-3-4-5-6-7-8-9-10-11-12-13-14-15-16-17-18-26(25(33)34,38(35,36)37)21(22(27)28)19-20(23(29)30)24(31)32;;;;/h20-21H,2-19H2,1H3,(H2,27,28)(H,29,30)(H,31,32)(H,33,34)(H,35,36,37);;;;/q;4*+1/p-4. The minimum absolute atomic E-state index is 0. The number of nitrogens with two attached hydrogens (primary N) is 1. The number of primary amides is 1. The molecule has 11 nitrogen and oxygen atoms in total. The number of carbonyl (C=O) groups is 4. The molecule has 0 spiro atoms. The number of carbonyl (C=O) groups excluding carboxylic acids is 4. The molecule has 2 unspecified atom stereocenters. The molecule has 0 aliphatic carbocycles. The summed E-state index contributed by atoms with van der Waals surface area (Å²) < 4.78 is 32.7. The molecule has 0 saturated carbocycles. The summed E-state index contributed by atoms with van der Waals surface area (Å²) in [6.07, 6.45) is 13.8. The summed E-state index contributed by atoms with van der Waals surface area (Å²) in [7, 11) is -5.83. The van der Waals surface area contributed by atoms with E-state index in [4.69, 9.17) is 5.73 Å². The van der Waals surface area contributed by atoms with E-state index >= 15 is 0 Å². The van der Waals surface area contributed by atoms with Crippen molar-refractivity contribution in [3.63, 3.8) is 0 Å². The smallest absolute Gasteiger partial charge is 0.747 e. The Bertz CT molecular complexity index is 850. The molecular formula is C26H43NNa4O10S. The van der Waals surface area contributed by atoms with E-state index in [0.717, 1.165) is 32.1 Å². The Hall–Kier alpha value is 1.79. The first kappa shape index (κ1) is 53.3. The maximum atomic E-state index is 12.0. The van der Waals surface area contributed by atoms with Gasteiger partial charge in [0.2, 0.25) is 5.91 Å². The number of rotatable bonds is 25. The summed E-state index contributed by atoms with van der Waals surface area (Å²) in [4.78, 5) is 46.0. The second kappa shape index (κ2) is 30.1. The van der Waals surface area contributed by atoms with Crippen LogP contribution in [0.3, 0.4) is 0 Å². The van der Waals surface area contributed by atoms with Crippen molar-refractivity contribution in [2.75, 3.05) is 0 Å². The van der Waals surface area contributed by atoms with Gasteiger partial charge in [0.05, 0.1) is 23.8 Å². The Morgan fingerprint density at radius 2 is 0.952 bits per heavy atom. The minimum atomic E-state index is -5.83. The zero-order valence-corrected chi connectivity index (χ0v) is 35.3. The van der Waals surface area contributed by atoms with E-state index in [1.807, 2.05) is 0 Å². The van der Waals surface area contributed by atoms with E-state index in [9.17, 15) is 47.5 Å². The number of hydrogen-bond acceptors (Lipinski definition) is 10. The van der Waals surface area contributed by atoms with Gasteiger partial charge >= 0.3 is 118 Å². The average molecular weight is 654 g/mol. The van der Waals surface area contributed by atoms with Crippen molar-refractivity contribution in [1.82, 2.24) is 0 Å². The summed E-state index contributed by atoms with van der Waals surface area (Å²) in [5, 5.41) is 34.1. The first-order valence-corrected chi connectivity index (χ1v) is 15.1. The molecule has 222 valence electrons. The largest absolute Gasteiger partial charge is 1.00 e. The quantitative estimate of drug-likeness (QED) is 0.0424. The molecule has 2 N–H and O–H groups in total. The van der Waals surface area contributed by atoms with Crippen molar-refractivity contribution in [2.24, 2.45) is 17.6 Å². The van der Waals surface area contributed by atoms with Gasteiger partial charge < -0.3 is 40.0 Å². The van der Waals surface area contributed by atoms with Crippen molar-refractivity contribution in [3.05, 3.63) is 0 Å². The zero-order chi connectivity index (χ0) is 29.2. The molecule has 0 fully saturated rings. The van der Waals surface area contributed by atoms with Crippen molar-refractivity contribution in [2.45, 2.75) is 127 Å². The van der Waals surface area contributed by atoms with Crippen LogP contribution in [0.15, 0.2) is 0 Å². The summed E-state index contributed by atoms with van der Waals surface area (Å²) in [5.41, 5.74) is 5.11. The number of amides is 1. The van der Waals surface area contributed by atoms with Crippen LogP contribution in [0.25, 0.3) is 0 Å². The molecule has 2 atom stereocenters. The molecule has 0 aromatic heterocycles. The summed E-state index contributed by atoms with van der Waals surface area (Å²) >= 11 is 0. The molecule has 0 rings (SSSR count). The first-order valence-electron chi connectivity index (χ1n) is 13.7. The summed E-state index contributed by atoms with van der Waals surface area (Å²) in [6, 6.07) is 0. The molecule has 0 saturated heterocycles. The Balaban J connectivity index is -0.00000114. The molecular weight excluding hydrogens is 610 g/mol. The maximum absolute atomic E-state index is 12.0. The van der Waals surface area contributed by atoms with Crippen molar-refractivity contribution < 1.29 is 166 Å². The van der Waals surface area contributed by atoms with Crippen LogP contribution in [0, 0.1) is 11.8 Å². The number of unbranched alkanes of at least 4 members (excludes halogenated alkanes) is 15. The molecule has 0 aromatic rings. The Morgan fingerprint density at radius 1 is 0.643 bits per heavy atom. The predicted molar refractivity (Wildman–Crippen MR) is 132 cm³/mol. The number of carboxylic acid groups (broad SMARTS) is 3. The molecule has 0 aromatic carbocycles. The van der Waals surface area contributed by atoms with E-state index in [1.165, 1.54) is 51.4 Å². The second-order valence-electron chi connectivity index (χ2n) is 10.1. The minimum Gasteiger partial charge on any atom is -0.747 e.